The van der Waals surface area contributed by atoms with Gasteiger partial charge in [-0.15, -0.1) is 0 Å². The lowest BCUT2D eigenvalue weighted by Crippen LogP contribution is -2.07. The molecule has 0 atom stereocenters. The van der Waals surface area contributed by atoms with Gasteiger partial charge in [0, 0.05) is 6.04 Å². The van der Waals surface area contributed by atoms with Gasteiger partial charge in [0.1, 0.15) is 5.69 Å². The second kappa shape index (κ2) is 5.27. The second-order valence-electron chi connectivity index (χ2n) is 3.89. The van der Waals surface area contributed by atoms with Crippen LogP contribution in [0.4, 0.5) is 0 Å². The van der Waals surface area contributed by atoms with Crippen LogP contribution < -0.4 is 0 Å². The maximum atomic E-state index is 9.91. The van der Waals surface area contributed by atoms with Crippen LogP contribution in [0.5, 0.6) is 6.01 Å². The minimum Gasteiger partial charge on any atom is -0.480 e. The molecule has 2 aromatic heterocycles. The van der Waals surface area contributed by atoms with Crippen LogP contribution in [-0.4, -0.2) is 24.6 Å². The topological polar surface area (TPSA) is 63.8 Å². The summed E-state index contributed by atoms with van der Waals surface area (Å²) in [4.78, 5) is 12.5. The largest absolute Gasteiger partial charge is 0.480 e. The molecule has 0 fully saturated rings. The highest BCUT2D eigenvalue weighted by atomic mass is 32.1. The molecule has 18 heavy (non-hydrogen) atoms. The third kappa shape index (κ3) is 2.14. The number of hydrogen-bond donors (Lipinski definition) is 2. The van der Waals surface area contributed by atoms with Crippen LogP contribution in [0.3, 0.4) is 0 Å². The molecule has 0 radical (unpaired) electrons. The Morgan fingerprint density at radius 3 is 2.72 bits per heavy atom. The molecule has 94 valence electrons. The van der Waals surface area contributed by atoms with Crippen molar-refractivity contribution in [1.29, 1.82) is 0 Å². The summed E-state index contributed by atoms with van der Waals surface area (Å²) in [6.45, 7) is 4.12. The Hall–Kier alpha value is -1.74. The van der Waals surface area contributed by atoms with Gasteiger partial charge in [0.05, 0.1) is 6.20 Å². The number of aromatic hydroxyl groups is 1. The average Bonchev–Trinajstić information content (AvgIpc) is 2.68. The van der Waals surface area contributed by atoms with Gasteiger partial charge >= 0.3 is 0 Å². The van der Waals surface area contributed by atoms with Crippen LogP contribution in [-0.2, 0) is 0 Å². The molecule has 0 saturated heterocycles. The Morgan fingerprint density at radius 2 is 2.11 bits per heavy atom. The molecule has 0 unspecified atom stereocenters. The van der Waals surface area contributed by atoms with E-state index in [1.165, 1.54) is 6.20 Å². The van der Waals surface area contributed by atoms with Crippen molar-refractivity contribution < 1.29 is 5.11 Å². The van der Waals surface area contributed by atoms with Gasteiger partial charge < -0.3 is 5.11 Å². The van der Waals surface area contributed by atoms with Crippen molar-refractivity contribution in [2.24, 2.45) is 0 Å². The van der Waals surface area contributed by atoms with Crippen molar-refractivity contribution in [3.63, 3.8) is 0 Å². The van der Waals surface area contributed by atoms with Gasteiger partial charge in [-0.05, 0) is 24.0 Å². The molecule has 0 aromatic carbocycles. The van der Waals surface area contributed by atoms with Gasteiger partial charge in [-0.1, -0.05) is 26.5 Å². The highest BCUT2D eigenvalue weighted by Gasteiger charge is 2.18. The highest BCUT2D eigenvalue weighted by molar-refractivity contribution is 7.85. The van der Waals surface area contributed by atoms with Crippen molar-refractivity contribution in [3.8, 4) is 17.2 Å². The van der Waals surface area contributed by atoms with E-state index < -0.39 is 0 Å². The molecule has 1 N–H and O–H groups in total. The highest BCUT2D eigenvalue weighted by Crippen LogP contribution is 2.26. The first kappa shape index (κ1) is 12.7. The van der Waals surface area contributed by atoms with E-state index in [1.54, 1.807) is 4.57 Å². The van der Waals surface area contributed by atoms with Gasteiger partial charge in [-0.25, -0.2) is 9.97 Å². The molecular formula is C12H14N4OS. The molecule has 0 spiro atoms. The number of rotatable bonds is 3. The van der Waals surface area contributed by atoms with Crippen LogP contribution in [0.2, 0.25) is 0 Å². The minimum absolute atomic E-state index is 0.0466. The first-order valence-electron chi connectivity index (χ1n) is 5.80. The fraction of sp³-hybridized carbons (Fsp3) is 0.417. The Balaban J connectivity index is 2.65. The predicted octanol–water partition coefficient (Wildman–Crippen LogP) is 2.13. The summed E-state index contributed by atoms with van der Waals surface area (Å²) in [7, 11) is 0. The summed E-state index contributed by atoms with van der Waals surface area (Å²) >= 11 is 3.83. The molecule has 2 aromatic rings. The summed E-state index contributed by atoms with van der Waals surface area (Å²) in [6, 6.07) is 0.109. The van der Waals surface area contributed by atoms with Gasteiger partial charge in [-0.3, -0.25) is 4.57 Å². The fourth-order valence-corrected chi connectivity index (χ4v) is 2.08. The summed E-state index contributed by atoms with van der Waals surface area (Å²) in [6.07, 6.45) is 3.30. The van der Waals surface area contributed by atoms with Gasteiger partial charge in [0.15, 0.2) is 5.65 Å². The number of thiol groups is 1. The average molecular weight is 262 g/mol. The quantitative estimate of drug-likeness (QED) is 0.657. The molecule has 2 rings (SSSR count). The summed E-state index contributed by atoms with van der Waals surface area (Å²) in [5, 5.41) is 12.4. The van der Waals surface area contributed by atoms with E-state index >= 15 is 0 Å². The normalized spacial score (nSPS) is 10.7. The Bertz CT molecular complexity index is 622. The number of hydrogen-bond acceptors (Lipinski definition) is 5. The van der Waals surface area contributed by atoms with Crippen LogP contribution in [0.1, 0.15) is 38.4 Å². The lowest BCUT2D eigenvalue weighted by molar-refractivity contribution is 0.360. The molecule has 6 heteroatoms. The third-order valence-electron chi connectivity index (χ3n) is 2.88. The van der Waals surface area contributed by atoms with Crippen LogP contribution >= 0.6 is 12.6 Å². The number of fused-ring (bicyclic) bond motifs is 1. The molecule has 5 nitrogen and oxygen atoms in total. The zero-order chi connectivity index (χ0) is 13.1. The van der Waals surface area contributed by atoms with E-state index in [1.807, 2.05) is 0 Å². The zero-order valence-corrected chi connectivity index (χ0v) is 11.1. The minimum atomic E-state index is -0.0466. The van der Waals surface area contributed by atoms with E-state index in [9.17, 15) is 5.11 Å². The van der Waals surface area contributed by atoms with Gasteiger partial charge in [0.2, 0.25) is 5.65 Å². The first-order chi connectivity index (χ1) is 8.71. The lowest BCUT2D eigenvalue weighted by Gasteiger charge is -2.15. The van der Waals surface area contributed by atoms with Crippen LogP contribution in [0.25, 0.3) is 11.3 Å². The zero-order valence-electron chi connectivity index (χ0n) is 10.3. The Labute approximate surface area is 111 Å². The fourth-order valence-electron chi connectivity index (χ4n) is 1.96. The molecule has 0 amide bonds. The van der Waals surface area contributed by atoms with E-state index in [0.717, 1.165) is 12.8 Å². The summed E-state index contributed by atoms with van der Waals surface area (Å²) < 4.78 is 1.71. The van der Waals surface area contributed by atoms with Gasteiger partial charge in [-0.2, -0.15) is 4.98 Å². The lowest BCUT2D eigenvalue weighted by atomic mass is 10.2. The number of nitrogens with zero attached hydrogens (tertiary/aromatic N) is 4. The van der Waals surface area contributed by atoms with Crippen molar-refractivity contribution in [2.45, 2.75) is 32.7 Å². The summed E-state index contributed by atoms with van der Waals surface area (Å²) in [5.41, 5.74) is 1.52. The third-order valence-corrected chi connectivity index (χ3v) is 2.99. The molecular weight excluding hydrogens is 248 g/mol. The maximum absolute atomic E-state index is 9.91. The van der Waals surface area contributed by atoms with E-state index in [0.29, 0.717) is 17.0 Å². The number of aromatic nitrogens is 4. The molecule has 0 aliphatic heterocycles. The molecule has 0 saturated carbocycles. The molecule has 0 bridgehead atoms. The summed E-state index contributed by atoms with van der Waals surface area (Å²) in [5.74, 6) is 2.73. The van der Waals surface area contributed by atoms with Gasteiger partial charge in [0.25, 0.3) is 6.01 Å². The van der Waals surface area contributed by atoms with E-state index in [4.69, 9.17) is 0 Å². The Kier molecular flexibility index (Phi) is 3.72. The van der Waals surface area contributed by atoms with Crippen molar-refractivity contribution in [3.05, 3.63) is 11.9 Å². The second-order valence-corrected chi connectivity index (χ2v) is 4.11. The van der Waals surface area contributed by atoms with Crippen molar-refractivity contribution >= 4 is 23.9 Å². The predicted molar refractivity (Wildman–Crippen MR) is 72.5 cm³/mol. The van der Waals surface area contributed by atoms with Crippen molar-refractivity contribution in [2.75, 3.05) is 0 Å². The van der Waals surface area contributed by atoms with Crippen LogP contribution in [0.15, 0.2) is 6.20 Å². The van der Waals surface area contributed by atoms with E-state index in [-0.39, 0.29) is 12.1 Å². The number of imidazole rings is 1. The maximum Gasteiger partial charge on any atom is 0.297 e. The van der Waals surface area contributed by atoms with Crippen molar-refractivity contribution in [1.82, 2.24) is 19.5 Å². The smallest absolute Gasteiger partial charge is 0.297 e. The monoisotopic (exact) mass is 262 g/mol. The molecule has 0 aliphatic rings. The Morgan fingerprint density at radius 1 is 1.39 bits per heavy atom. The van der Waals surface area contributed by atoms with Crippen LogP contribution in [0, 0.1) is 11.2 Å². The first-order valence-corrected chi connectivity index (χ1v) is 6.25. The molecule has 2 heterocycles. The SMILES string of the molecule is CCC(CC)n1c(O)nc2ncc(C#CS)nc21. The van der Waals surface area contributed by atoms with E-state index in [2.05, 4.69) is 52.6 Å². The standard InChI is InChI=1S/C12H14N4OS/c1-3-9(4-2)16-11-10(15-12(16)17)13-7-8(14-11)5-6-18/h7,9,18H,3-4H2,1-2H3,(H,13,15,17). The molecule has 0 aliphatic carbocycles.